The minimum Gasteiger partial charge on any atom is -0.336 e. The molecule has 0 aliphatic rings. The second-order valence-corrected chi connectivity index (χ2v) is 3.41. The second kappa shape index (κ2) is 7.62. The van der Waals surface area contributed by atoms with Gasteiger partial charge in [0.2, 0.25) is 0 Å². The molecule has 4 heteroatoms. The molecule has 4 nitrogen and oxygen atoms in total. The molecule has 3 N–H and O–H groups in total. The van der Waals surface area contributed by atoms with Crippen molar-refractivity contribution in [1.29, 1.82) is 0 Å². The van der Waals surface area contributed by atoms with Gasteiger partial charge in [0, 0.05) is 25.7 Å². The van der Waals surface area contributed by atoms with E-state index in [9.17, 15) is 4.79 Å². The van der Waals surface area contributed by atoms with Crippen LogP contribution in [0.4, 0.5) is 4.79 Å². The van der Waals surface area contributed by atoms with Crippen molar-refractivity contribution in [3.63, 3.8) is 0 Å². The number of carbonyl (C=O) groups excluding carboxylic acids is 1. The number of amides is 2. The van der Waals surface area contributed by atoms with E-state index in [0.29, 0.717) is 6.54 Å². The van der Waals surface area contributed by atoms with Gasteiger partial charge in [0.05, 0.1) is 0 Å². The van der Waals surface area contributed by atoms with Crippen molar-refractivity contribution in [3.8, 4) is 0 Å². The lowest BCUT2D eigenvalue weighted by Gasteiger charge is -2.20. The quantitative estimate of drug-likeness (QED) is 0.677. The summed E-state index contributed by atoms with van der Waals surface area (Å²) in [7, 11) is 0. The Hall–Kier alpha value is -0.770. The minimum atomic E-state index is -0.0125. The number of nitrogens with one attached hydrogen (secondary N) is 1. The third kappa shape index (κ3) is 5.07. The summed E-state index contributed by atoms with van der Waals surface area (Å²) in [6.45, 7) is 8.08. The Labute approximate surface area is 86.8 Å². The van der Waals surface area contributed by atoms with Crippen LogP contribution in [0, 0.1) is 0 Å². The van der Waals surface area contributed by atoms with E-state index in [1.807, 2.05) is 13.8 Å². The van der Waals surface area contributed by atoms with Crippen molar-refractivity contribution in [2.45, 2.75) is 39.7 Å². The van der Waals surface area contributed by atoms with Gasteiger partial charge < -0.3 is 16.0 Å². The monoisotopic (exact) mass is 201 g/mol. The molecule has 0 aromatic carbocycles. The molecular weight excluding hydrogens is 178 g/mol. The Morgan fingerprint density at radius 2 is 1.93 bits per heavy atom. The highest BCUT2D eigenvalue weighted by Crippen LogP contribution is 1.92. The Balaban J connectivity index is 3.71. The van der Waals surface area contributed by atoms with Crippen molar-refractivity contribution < 1.29 is 4.79 Å². The predicted molar refractivity (Wildman–Crippen MR) is 59.2 cm³/mol. The molecule has 0 aliphatic carbocycles. The number of nitrogens with zero attached hydrogens (tertiary/aromatic N) is 1. The molecule has 14 heavy (non-hydrogen) atoms. The number of rotatable bonds is 6. The van der Waals surface area contributed by atoms with Crippen LogP contribution in [0.1, 0.15) is 33.6 Å². The molecule has 1 unspecified atom stereocenters. The summed E-state index contributed by atoms with van der Waals surface area (Å²) in [5.74, 6) is 0. The van der Waals surface area contributed by atoms with E-state index in [0.717, 1.165) is 25.9 Å². The highest BCUT2D eigenvalue weighted by atomic mass is 16.2. The SMILES string of the molecule is CCCC(N)CNC(=O)N(CC)CC. The molecule has 0 aliphatic heterocycles. The third-order valence-corrected chi connectivity index (χ3v) is 2.23. The van der Waals surface area contributed by atoms with Crippen molar-refractivity contribution in [3.05, 3.63) is 0 Å². The zero-order valence-electron chi connectivity index (χ0n) is 9.55. The predicted octanol–water partition coefficient (Wildman–Crippen LogP) is 1.17. The maximum absolute atomic E-state index is 11.5. The zero-order valence-corrected chi connectivity index (χ0v) is 9.55. The Kier molecular flexibility index (Phi) is 7.20. The molecule has 0 radical (unpaired) electrons. The number of nitrogens with two attached hydrogens (primary N) is 1. The normalized spacial score (nSPS) is 12.3. The van der Waals surface area contributed by atoms with Crippen molar-refractivity contribution in [2.24, 2.45) is 5.73 Å². The Morgan fingerprint density at radius 3 is 2.36 bits per heavy atom. The smallest absolute Gasteiger partial charge is 0.317 e. The molecule has 0 aromatic rings. The van der Waals surface area contributed by atoms with Gasteiger partial charge in [-0.1, -0.05) is 13.3 Å². The fraction of sp³-hybridized carbons (Fsp3) is 0.900. The van der Waals surface area contributed by atoms with Crippen molar-refractivity contribution >= 4 is 6.03 Å². The van der Waals surface area contributed by atoms with Crippen LogP contribution in [0.5, 0.6) is 0 Å². The standard InChI is InChI=1S/C10H23N3O/c1-4-7-9(11)8-12-10(14)13(5-2)6-3/h9H,4-8,11H2,1-3H3,(H,12,14). The number of urea groups is 1. The van der Waals surface area contributed by atoms with Crippen LogP contribution in [0.2, 0.25) is 0 Å². The van der Waals surface area contributed by atoms with Gasteiger partial charge in [-0.25, -0.2) is 4.79 Å². The summed E-state index contributed by atoms with van der Waals surface area (Å²) in [5.41, 5.74) is 5.78. The first-order valence-corrected chi connectivity index (χ1v) is 5.43. The molecular formula is C10H23N3O. The summed E-state index contributed by atoms with van der Waals surface area (Å²) in [4.78, 5) is 13.2. The fourth-order valence-corrected chi connectivity index (χ4v) is 1.31. The molecule has 0 aromatic heterocycles. The molecule has 1 atom stereocenters. The van der Waals surface area contributed by atoms with E-state index >= 15 is 0 Å². The number of hydrogen-bond acceptors (Lipinski definition) is 2. The van der Waals surface area contributed by atoms with E-state index in [4.69, 9.17) is 5.73 Å². The number of carbonyl (C=O) groups is 1. The molecule has 0 fully saturated rings. The molecule has 84 valence electrons. The van der Waals surface area contributed by atoms with Gasteiger partial charge in [0.25, 0.3) is 0 Å². The highest BCUT2D eigenvalue weighted by Gasteiger charge is 2.09. The molecule has 0 spiro atoms. The van der Waals surface area contributed by atoms with Crippen LogP contribution < -0.4 is 11.1 Å². The third-order valence-electron chi connectivity index (χ3n) is 2.23. The van der Waals surface area contributed by atoms with Gasteiger partial charge in [0.1, 0.15) is 0 Å². The fourth-order valence-electron chi connectivity index (χ4n) is 1.31. The van der Waals surface area contributed by atoms with Crippen molar-refractivity contribution in [2.75, 3.05) is 19.6 Å². The molecule has 0 saturated carbocycles. The lowest BCUT2D eigenvalue weighted by molar-refractivity contribution is 0.202. The van der Waals surface area contributed by atoms with Crippen molar-refractivity contribution in [1.82, 2.24) is 10.2 Å². The summed E-state index contributed by atoms with van der Waals surface area (Å²) in [5, 5.41) is 2.83. The first-order valence-electron chi connectivity index (χ1n) is 5.43. The zero-order chi connectivity index (χ0) is 11.0. The maximum Gasteiger partial charge on any atom is 0.317 e. The topological polar surface area (TPSA) is 58.4 Å². The highest BCUT2D eigenvalue weighted by molar-refractivity contribution is 5.74. The van der Waals surface area contributed by atoms with Crippen LogP contribution >= 0.6 is 0 Å². The lowest BCUT2D eigenvalue weighted by atomic mass is 10.2. The van der Waals surface area contributed by atoms with Gasteiger partial charge in [-0.3, -0.25) is 0 Å². The van der Waals surface area contributed by atoms with Gasteiger partial charge in [0.15, 0.2) is 0 Å². The van der Waals surface area contributed by atoms with Gasteiger partial charge in [-0.2, -0.15) is 0 Å². The van der Waals surface area contributed by atoms with Crippen LogP contribution in [0.15, 0.2) is 0 Å². The minimum absolute atomic E-state index is 0.0125. The van der Waals surface area contributed by atoms with Gasteiger partial charge in [-0.05, 0) is 20.3 Å². The maximum atomic E-state index is 11.5. The average Bonchev–Trinajstić information content (AvgIpc) is 2.17. The van der Waals surface area contributed by atoms with E-state index < -0.39 is 0 Å². The Morgan fingerprint density at radius 1 is 1.36 bits per heavy atom. The summed E-state index contributed by atoms with van der Waals surface area (Å²) < 4.78 is 0. The Bertz CT molecular complexity index is 157. The lowest BCUT2D eigenvalue weighted by Crippen LogP contribution is -2.44. The average molecular weight is 201 g/mol. The molecule has 2 amide bonds. The number of hydrogen-bond donors (Lipinski definition) is 2. The summed E-state index contributed by atoms with van der Waals surface area (Å²) in [6, 6.07) is 0.0704. The van der Waals surface area contributed by atoms with Crippen LogP contribution in [0.25, 0.3) is 0 Å². The molecule has 0 rings (SSSR count). The first kappa shape index (κ1) is 13.2. The van der Waals surface area contributed by atoms with Gasteiger partial charge in [-0.15, -0.1) is 0 Å². The van der Waals surface area contributed by atoms with Crippen LogP contribution in [0.3, 0.4) is 0 Å². The molecule has 0 saturated heterocycles. The largest absolute Gasteiger partial charge is 0.336 e. The van der Waals surface area contributed by atoms with E-state index in [-0.39, 0.29) is 12.1 Å². The van der Waals surface area contributed by atoms with E-state index in [1.165, 1.54) is 0 Å². The second-order valence-electron chi connectivity index (χ2n) is 3.41. The van der Waals surface area contributed by atoms with Crippen LogP contribution in [-0.2, 0) is 0 Å². The van der Waals surface area contributed by atoms with E-state index in [1.54, 1.807) is 4.90 Å². The van der Waals surface area contributed by atoms with E-state index in [2.05, 4.69) is 12.2 Å². The summed E-state index contributed by atoms with van der Waals surface area (Å²) >= 11 is 0. The first-order chi connectivity index (χ1) is 6.65. The van der Waals surface area contributed by atoms with Gasteiger partial charge >= 0.3 is 6.03 Å². The molecule has 0 bridgehead atoms. The summed E-state index contributed by atoms with van der Waals surface area (Å²) in [6.07, 6.45) is 2.01. The van der Waals surface area contributed by atoms with Crippen LogP contribution in [-0.4, -0.2) is 36.6 Å². The molecule has 0 heterocycles.